The largest absolute Gasteiger partial charge is 0.361 e. The molecule has 9 heteroatoms. The number of hydrogen-bond donors (Lipinski definition) is 3. The SMILES string of the molecule is CN=C(NCCc1c[nH]c2cc(F)ccc12)NCC(c1cnn(C)c1)N(C)C.I. The number of rotatable bonds is 7. The zero-order valence-corrected chi connectivity index (χ0v) is 19.6. The third-order valence-electron chi connectivity index (χ3n) is 4.84. The lowest BCUT2D eigenvalue weighted by Crippen LogP contribution is -2.42. The van der Waals surface area contributed by atoms with Crippen LogP contribution in [0.5, 0.6) is 0 Å². The number of H-pyrrole nitrogens is 1. The molecule has 1 atom stereocenters. The fourth-order valence-corrected chi connectivity index (χ4v) is 3.31. The molecule has 158 valence electrons. The van der Waals surface area contributed by atoms with Gasteiger partial charge < -0.3 is 20.5 Å². The summed E-state index contributed by atoms with van der Waals surface area (Å²) in [6, 6.07) is 5.02. The zero-order valence-electron chi connectivity index (χ0n) is 17.2. The molecule has 0 aliphatic heterocycles. The lowest BCUT2D eigenvalue weighted by molar-refractivity contribution is 0.298. The van der Waals surface area contributed by atoms with Crippen LogP contribution in [0.3, 0.4) is 0 Å². The maximum atomic E-state index is 13.3. The molecule has 2 heterocycles. The Morgan fingerprint density at radius 2 is 2.14 bits per heavy atom. The van der Waals surface area contributed by atoms with E-state index in [4.69, 9.17) is 0 Å². The molecule has 7 nitrogen and oxygen atoms in total. The third kappa shape index (κ3) is 5.92. The molecule has 3 aromatic rings. The summed E-state index contributed by atoms with van der Waals surface area (Å²) in [4.78, 5) is 9.59. The number of aromatic amines is 1. The number of aryl methyl sites for hydroxylation is 1. The average Bonchev–Trinajstić information content (AvgIpc) is 3.26. The highest BCUT2D eigenvalue weighted by Crippen LogP contribution is 2.19. The first-order valence-electron chi connectivity index (χ1n) is 9.33. The van der Waals surface area contributed by atoms with E-state index >= 15 is 0 Å². The molecule has 0 aliphatic rings. The summed E-state index contributed by atoms with van der Waals surface area (Å²) >= 11 is 0. The van der Waals surface area contributed by atoms with E-state index in [1.807, 2.05) is 36.4 Å². The van der Waals surface area contributed by atoms with Crippen LogP contribution in [-0.2, 0) is 13.5 Å². The molecule has 0 saturated heterocycles. The van der Waals surface area contributed by atoms with Crippen LogP contribution >= 0.6 is 24.0 Å². The standard InChI is InChI=1S/C20H28FN7.HI/c1-22-20(25-12-19(27(2)3)15-11-26-28(4)13-15)23-8-7-14-10-24-18-9-16(21)5-6-17(14)18;/h5-6,9-11,13,19,24H,7-8,12H2,1-4H3,(H2,22,23,25);1H. The highest BCUT2D eigenvalue weighted by atomic mass is 127. The maximum absolute atomic E-state index is 13.3. The van der Waals surface area contributed by atoms with E-state index in [1.54, 1.807) is 7.05 Å². The van der Waals surface area contributed by atoms with E-state index in [-0.39, 0.29) is 35.8 Å². The topological polar surface area (TPSA) is 73.3 Å². The fourth-order valence-electron chi connectivity index (χ4n) is 3.31. The maximum Gasteiger partial charge on any atom is 0.191 e. The Bertz CT molecular complexity index is 947. The second-order valence-corrected chi connectivity index (χ2v) is 7.06. The summed E-state index contributed by atoms with van der Waals surface area (Å²) < 4.78 is 15.1. The van der Waals surface area contributed by atoms with E-state index in [2.05, 4.69) is 44.7 Å². The molecule has 3 rings (SSSR count). The van der Waals surface area contributed by atoms with Gasteiger partial charge in [0.25, 0.3) is 0 Å². The summed E-state index contributed by atoms with van der Waals surface area (Å²) in [6.07, 6.45) is 6.67. The highest BCUT2D eigenvalue weighted by Gasteiger charge is 2.16. The van der Waals surface area contributed by atoms with E-state index < -0.39 is 0 Å². The summed E-state index contributed by atoms with van der Waals surface area (Å²) in [5.74, 6) is 0.523. The van der Waals surface area contributed by atoms with Gasteiger partial charge in [0.1, 0.15) is 5.82 Å². The van der Waals surface area contributed by atoms with Gasteiger partial charge in [-0.3, -0.25) is 9.67 Å². The van der Waals surface area contributed by atoms with Crippen molar-refractivity contribution in [3.05, 3.63) is 53.7 Å². The van der Waals surface area contributed by atoms with Crippen LogP contribution in [0.4, 0.5) is 4.39 Å². The second kappa shape index (κ2) is 10.6. The van der Waals surface area contributed by atoms with Crippen molar-refractivity contribution in [1.29, 1.82) is 0 Å². The van der Waals surface area contributed by atoms with Crippen LogP contribution in [0, 0.1) is 5.82 Å². The first-order chi connectivity index (χ1) is 13.5. The molecule has 1 aromatic carbocycles. The molecule has 0 amide bonds. The van der Waals surface area contributed by atoms with Gasteiger partial charge in [0.2, 0.25) is 0 Å². The summed E-state index contributed by atoms with van der Waals surface area (Å²) in [5.41, 5.74) is 3.13. The van der Waals surface area contributed by atoms with Crippen molar-refractivity contribution < 1.29 is 4.39 Å². The van der Waals surface area contributed by atoms with Crippen LogP contribution in [-0.4, -0.2) is 59.9 Å². The van der Waals surface area contributed by atoms with E-state index in [0.717, 1.165) is 41.0 Å². The van der Waals surface area contributed by atoms with E-state index in [0.29, 0.717) is 6.54 Å². The van der Waals surface area contributed by atoms with Crippen molar-refractivity contribution >= 4 is 40.8 Å². The fraction of sp³-hybridized carbons (Fsp3) is 0.400. The summed E-state index contributed by atoms with van der Waals surface area (Å²) in [7, 11) is 7.78. The van der Waals surface area contributed by atoms with Crippen molar-refractivity contribution in [2.75, 3.05) is 34.2 Å². The van der Waals surface area contributed by atoms with Gasteiger partial charge in [-0.2, -0.15) is 5.10 Å². The van der Waals surface area contributed by atoms with Gasteiger partial charge in [0.15, 0.2) is 5.96 Å². The van der Waals surface area contributed by atoms with Gasteiger partial charge in [0, 0.05) is 56.0 Å². The van der Waals surface area contributed by atoms with Gasteiger partial charge in [-0.05, 0) is 44.3 Å². The molecule has 0 spiro atoms. The number of aliphatic imine (C=N–C) groups is 1. The lowest BCUT2D eigenvalue weighted by atomic mass is 10.1. The highest BCUT2D eigenvalue weighted by molar-refractivity contribution is 14.0. The minimum atomic E-state index is -0.229. The van der Waals surface area contributed by atoms with Gasteiger partial charge in [-0.15, -0.1) is 24.0 Å². The Labute approximate surface area is 187 Å². The normalized spacial score (nSPS) is 12.8. The van der Waals surface area contributed by atoms with Gasteiger partial charge in [0.05, 0.1) is 12.2 Å². The van der Waals surface area contributed by atoms with Gasteiger partial charge in [-0.1, -0.05) is 0 Å². The molecule has 29 heavy (non-hydrogen) atoms. The number of guanidine groups is 1. The number of nitrogens with one attached hydrogen (secondary N) is 3. The molecule has 0 radical (unpaired) electrons. The quantitative estimate of drug-likeness (QED) is 0.258. The number of aromatic nitrogens is 3. The Hall–Kier alpha value is -2.14. The van der Waals surface area contributed by atoms with E-state index in [9.17, 15) is 4.39 Å². The average molecular weight is 513 g/mol. The second-order valence-electron chi connectivity index (χ2n) is 7.06. The minimum absolute atomic E-state index is 0. The van der Waals surface area contributed by atoms with E-state index in [1.165, 1.54) is 12.1 Å². The molecule has 3 N–H and O–H groups in total. The van der Waals surface area contributed by atoms with Crippen molar-refractivity contribution in [2.24, 2.45) is 12.0 Å². The van der Waals surface area contributed by atoms with Crippen LogP contribution in [0.2, 0.25) is 0 Å². The smallest absolute Gasteiger partial charge is 0.191 e. The molecule has 0 saturated carbocycles. The molecule has 2 aromatic heterocycles. The Kier molecular flexibility index (Phi) is 8.45. The first-order valence-corrected chi connectivity index (χ1v) is 9.33. The van der Waals surface area contributed by atoms with Crippen LogP contribution in [0.25, 0.3) is 10.9 Å². The molecule has 0 bridgehead atoms. The number of hydrogen-bond acceptors (Lipinski definition) is 3. The van der Waals surface area contributed by atoms with Crippen LogP contribution in [0.1, 0.15) is 17.2 Å². The minimum Gasteiger partial charge on any atom is -0.361 e. The predicted octanol–water partition coefficient (Wildman–Crippen LogP) is 2.67. The monoisotopic (exact) mass is 513 g/mol. The number of benzene rings is 1. The van der Waals surface area contributed by atoms with Crippen molar-refractivity contribution in [3.63, 3.8) is 0 Å². The third-order valence-corrected chi connectivity index (χ3v) is 4.84. The molecular formula is C20H29FIN7. The van der Waals surface area contributed by atoms with Crippen molar-refractivity contribution in [3.8, 4) is 0 Å². The number of likely N-dealkylation sites (N-methyl/N-ethyl adjacent to an activating group) is 1. The van der Waals surface area contributed by atoms with Crippen LogP contribution < -0.4 is 10.6 Å². The van der Waals surface area contributed by atoms with Gasteiger partial charge in [-0.25, -0.2) is 4.39 Å². The summed E-state index contributed by atoms with van der Waals surface area (Å²) in [5, 5.41) is 12.0. The molecule has 0 fully saturated rings. The van der Waals surface area contributed by atoms with Crippen LogP contribution in [0.15, 0.2) is 41.8 Å². The van der Waals surface area contributed by atoms with Gasteiger partial charge >= 0.3 is 0 Å². The number of fused-ring (bicyclic) bond motifs is 1. The number of halogens is 2. The Morgan fingerprint density at radius 3 is 2.79 bits per heavy atom. The zero-order chi connectivity index (χ0) is 20.1. The Morgan fingerprint density at radius 1 is 1.34 bits per heavy atom. The lowest BCUT2D eigenvalue weighted by Gasteiger charge is -2.24. The molecule has 0 aliphatic carbocycles. The first kappa shape index (κ1) is 23.1. The molecular weight excluding hydrogens is 484 g/mol. The molecule has 1 unspecified atom stereocenters. The number of nitrogens with zero attached hydrogens (tertiary/aromatic N) is 4. The van der Waals surface area contributed by atoms with Crippen molar-refractivity contribution in [2.45, 2.75) is 12.5 Å². The predicted molar refractivity (Wildman–Crippen MR) is 126 cm³/mol. The van der Waals surface area contributed by atoms with Crippen molar-refractivity contribution in [1.82, 2.24) is 30.3 Å². The Balaban J connectivity index is 0.00000300. The summed E-state index contributed by atoms with van der Waals surface area (Å²) in [6.45, 7) is 1.44.